The van der Waals surface area contributed by atoms with Gasteiger partial charge >= 0.3 is 0 Å². The van der Waals surface area contributed by atoms with Crippen LogP contribution in [0.25, 0.3) is 0 Å². The summed E-state index contributed by atoms with van der Waals surface area (Å²) in [4.78, 5) is 0. The number of ether oxygens (including phenoxy) is 3. The summed E-state index contributed by atoms with van der Waals surface area (Å²) < 4.78 is 77.9. The fourth-order valence-electron chi connectivity index (χ4n) is 8.15. The highest BCUT2D eigenvalue weighted by Crippen LogP contribution is 2.53. The molecule has 0 spiro atoms. The number of para-hydroxylation sites is 2. The zero-order chi connectivity index (χ0) is 37.8. The minimum absolute atomic E-state index is 0.132. The van der Waals surface area contributed by atoms with Gasteiger partial charge in [0.05, 0.1) is 13.2 Å². The Morgan fingerprint density at radius 3 is 1.20 bits per heavy atom. The van der Waals surface area contributed by atoms with Crippen molar-refractivity contribution in [1.29, 1.82) is 0 Å². The first-order valence-corrected chi connectivity index (χ1v) is 18.9. The van der Waals surface area contributed by atoms with Gasteiger partial charge in [-0.2, -0.15) is 0 Å². The summed E-state index contributed by atoms with van der Waals surface area (Å²) in [7, 11) is 0. The zero-order valence-corrected chi connectivity index (χ0v) is 30.4. The van der Waals surface area contributed by atoms with E-state index in [2.05, 4.69) is 0 Å². The molecule has 6 aromatic carbocycles. The third kappa shape index (κ3) is 8.32. The van der Waals surface area contributed by atoms with Gasteiger partial charge in [-0.1, -0.05) is 72.8 Å². The molecule has 2 fully saturated rings. The van der Waals surface area contributed by atoms with Crippen molar-refractivity contribution in [2.45, 2.75) is 49.4 Å². The summed E-state index contributed by atoms with van der Waals surface area (Å²) in [6, 6.07) is 41.4. The highest BCUT2D eigenvalue weighted by molar-refractivity contribution is 5.41. The van der Waals surface area contributed by atoms with Crippen LogP contribution in [0.15, 0.2) is 146 Å². The van der Waals surface area contributed by atoms with E-state index in [0.29, 0.717) is 37.6 Å². The highest BCUT2D eigenvalue weighted by Gasteiger charge is 2.50. The summed E-state index contributed by atoms with van der Waals surface area (Å²) in [5.41, 5.74) is 2.53. The molecule has 8 rings (SSSR count). The van der Waals surface area contributed by atoms with Crippen LogP contribution in [0.3, 0.4) is 0 Å². The maximum absolute atomic E-state index is 15.1. The summed E-state index contributed by atoms with van der Waals surface area (Å²) in [5.74, 6) is 0.248. The van der Waals surface area contributed by atoms with E-state index in [-0.39, 0.29) is 35.0 Å². The Labute approximate surface area is 319 Å². The SMILES string of the molecule is Fc1ccc(C(COCC(Cc2ccc(F)c(Oc3ccccc3)c2)(c2ccc(F)cc2)C2CC2)(Cc2ccc(F)c(Oc3ccccc3)c2)C2CC2)cc1. The topological polar surface area (TPSA) is 27.7 Å². The number of benzene rings is 6. The number of hydrogen-bond donors (Lipinski definition) is 0. The minimum Gasteiger partial charge on any atom is -0.454 e. The average molecular weight is 743 g/mol. The molecule has 7 heteroatoms. The summed E-state index contributed by atoms with van der Waals surface area (Å²) in [6.45, 7) is 0.633. The monoisotopic (exact) mass is 742 g/mol. The van der Waals surface area contributed by atoms with Crippen molar-refractivity contribution in [2.24, 2.45) is 11.8 Å². The Morgan fingerprint density at radius 1 is 0.455 bits per heavy atom. The Kier molecular flexibility index (Phi) is 10.5. The van der Waals surface area contributed by atoms with Crippen LogP contribution in [0.2, 0.25) is 0 Å². The van der Waals surface area contributed by atoms with E-state index in [9.17, 15) is 8.78 Å². The summed E-state index contributed by atoms with van der Waals surface area (Å²) >= 11 is 0. The van der Waals surface area contributed by atoms with Crippen molar-refractivity contribution in [1.82, 2.24) is 0 Å². The van der Waals surface area contributed by atoms with E-state index in [4.69, 9.17) is 14.2 Å². The van der Waals surface area contributed by atoms with Crippen molar-refractivity contribution in [3.05, 3.63) is 191 Å². The van der Waals surface area contributed by atoms with Gasteiger partial charge in [-0.15, -0.1) is 0 Å². The molecular formula is C48H42F4O3. The number of hydrogen-bond acceptors (Lipinski definition) is 3. The lowest BCUT2D eigenvalue weighted by Gasteiger charge is -2.39. The van der Waals surface area contributed by atoms with Crippen LogP contribution in [0.1, 0.15) is 47.9 Å². The second-order valence-corrected chi connectivity index (χ2v) is 15.1. The zero-order valence-electron chi connectivity index (χ0n) is 30.4. The molecule has 0 amide bonds. The second-order valence-electron chi connectivity index (χ2n) is 15.1. The van der Waals surface area contributed by atoms with E-state index in [0.717, 1.165) is 47.9 Å². The van der Waals surface area contributed by atoms with E-state index < -0.39 is 22.5 Å². The predicted octanol–water partition coefficient (Wildman–Crippen LogP) is 12.3. The second kappa shape index (κ2) is 15.8. The fraction of sp³-hybridized carbons (Fsp3) is 0.250. The van der Waals surface area contributed by atoms with Crippen molar-refractivity contribution in [3.8, 4) is 23.0 Å². The van der Waals surface area contributed by atoms with Crippen molar-refractivity contribution < 1.29 is 31.8 Å². The molecule has 2 unspecified atom stereocenters. The van der Waals surface area contributed by atoms with Gasteiger partial charge in [-0.3, -0.25) is 0 Å². The molecule has 6 aromatic rings. The van der Waals surface area contributed by atoms with Gasteiger partial charge in [-0.25, -0.2) is 17.6 Å². The smallest absolute Gasteiger partial charge is 0.165 e. The summed E-state index contributed by atoms with van der Waals surface area (Å²) in [5, 5.41) is 0. The predicted molar refractivity (Wildman–Crippen MR) is 206 cm³/mol. The largest absolute Gasteiger partial charge is 0.454 e. The molecule has 0 radical (unpaired) electrons. The normalized spacial score (nSPS) is 16.2. The molecule has 0 heterocycles. The Balaban J connectivity index is 1.12. The van der Waals surface area contributed by atoms with Gasteiger partial charge in [0.15, 0.2) is 23.1 Å². The van der Waals surface area contributed by atoms with Crippen LogP contribution in [-0.2, 0) is 28.4 Å². The lowest BCUT2D eigenvalue weighted by molar-refractivity contribution is 0.0295. The first kappa shape index (κ1) is 36.6. The molecule has 55 heavy (non-hydrogen) atoms. The van der Waals surface area contributed by atoms with Gasteiger partial charge in [0.2, 0.25) is 0 Å². The molecule has 0 bridgehead atoms. The van der Waals surface area contributed by atoms with Crippen LogP contribution in [0, 0.1) is 35.1 Å². The Morgan fingerprint density at radius 2 is 0.836 bits per heavy atom. The van der Waals surface area contributed by atoms with Crippen LogP contribution >= 0.6 is 0 Å². The molecular weight excluding hydrogens is 701 g/mol. The highest BCUT2D eigenvalue weighted by atomic mass is 19.1. The van der Waals surface area contributed by atoms with E-state index in [1.807, 2.05) is 60.7 Å². The van der Waals surface area contributed by atoms with Gasteiger partial charge in [0.1, 0.15) is 23.1 Å². The standard InChI is InChI=1S/C48H42F4O3/c49-39-21-17-37(18-22-39)47(35-13-14-35,29-33-11-25-43(51)45(27-33)54-41-7-3-1-4-8-41)31-53-32-48(36-15-16-36,38-19-23-40(50)24-20-38)30-34-12-26-44(52)46(28-34)55-42-9-5-2-6-10-42/h1-12,17-28,35-36H,13-16,29-32H2. The van der Waals surface area contributed by atoms with Crippen LogP contribution in [0.5, 0.6) is 23.0 Å². The lowest BCUT2D eigenvalue weighted by atomic mass is 9.71. The maximum atomic E-state index is 15.1. The van der Waals surface area contributed by atoms with Crippen LogP contribution in [0.4, 0.5) is 17.6 Å². The third-order valence-electron chi connectivity index (χ3n) is 11.2. The van der Waals surface area contributed by atoms with Gasteiger partial charge in [0.25, 0.3) is 0 Å². The van der Waals surface area contributed by atoms with E-state index in [1.54, 1.807) is 48.5 Å². The molecule has 2 atom stereocenters. The molecule has 2 aliphatic carbocycles. The van der Waals surface area contributed by atoms with Crippen LogP contribution in [-0.4, -0.2) is 13.2 Å². The van der Waals surface area contributed by atoms with Gasteiger partial charge < -0.3 is 14.2 Å². The molecule has 0 N–H and O–H groups in total. The summed E-state index contributed by atoms with van der Waals surface area (Å²) in [6.07, 6.45) is 4.92. The van der Waals surface area contributed by atoms with Crippen molar-refractivity contribution >= 4 is 0 Å². The molecule has 280 valence electrons. The van der Waals surface area contributed by atoms with E-state index in [1.165, 1.54) is 36.4 Å². The quantitative estimate of drug-likeness (QED) is 0.0924. The molecule has 2 saturated carbocycles. The van der Waals surface area contributed by atoms with E-state index >= 15 is 8.78 Å². The first-order valence-electron chi connectivity index (χ1n) is 18.9. The van der Waals surface area contributed by atoms with Crippen molar-refractivity contribution in [2.75, 3.05) is 13.2 Å². The third-order valence-corrected chi connectivity index (χ3v) is 11.2. The first-order chi connectivity index (χ1) is 26.8. The van der Waals surface area contributed by atoms with Gasteiger partial charge in [0, 0.05) is 10.8 Å². The molecule has 0 aromatic heterocycles. The number of rotatable bonds is 16. The average Bonchev–Trinajstić information content (AvgIpc) is 4.13. The molecule has 0 aliphatic heterocycles. The van der Waals surface area contributed by atoms with Crippen LogP contribution < -0.4 is 9.47 Å². The van der Waals surface area contributed by atoms with Crippen molar-refractivity contribution in [3.63, 3.8) is 0 Å². The fourth-order valence-corrected chi connectivity index (χ4v) is 8.15. The Hall–Kier alpha value is -5.40. The number of halogens is 4. The maximum Gasteiger partial charge on any atom is 0.165 e. The van der Waals surface area contributed by atoms with Gasteiger partial charge in [-0.05, 0) is 145 Å². The lowest BCUT2D eigenvalue weighted by Crippen LogP contribution is -2.42. The molecule has 0 saturated heterocycles. The Bertz CT molecular complexity index is 2050. The molecule has 2 aliphatic rings. The minimum atomic E-state index is -0.555. The molecule has 3 nitrogen and oxygen atoms in total.